The van der Waals surface area contributed by atoms with E-state index >= 15 is 0 Å². The second kappa shape index (κ2) is 7.23. The molecule has 1 amide bonds. The van der Waals surface area contributed by atoms with Gasteiger partial charge in [-0.1, -0.05) is 0 Å². The third-order valence-electron chi connectivity index (χ3n) is 3.40. The molecule has 3 aromatic rings. The zero-order chi connectivity index (χ0) is 19.6. The van der Waals surface area contributed by atoms with Gasteiger partial charge in [-0.2, -0.15) is 10.1 Å². The Kier molecular flexibility index (Phi) is 5.00. The van der Waals surface area contributed by atoms with Gasteiger partial charge in [0.25, 0.3) is 0 Å². The number of carbonyl (C=O) groups excluding carboxylic acids is 2. The summed E-state index contributed by atoms with van der Waals surface area (Å²) in [6.45, 7) is 5.31. The predicted molar refractivity (Wildman–Crippen MR) is 105 cm³/mol. The Bertz CT molecular complexity index is 975. The Morgan fingerprint density at radius 1 is 1.44 bits per heavy atom. The summed E-state index contributed by atoms with van der Waals surface area (Å²) in [5.41, 5.74) is 10.00. The van der Waals surface area contributed by atoms with Crippen molar-refractivity contribution in [3.63, 3.8) is 0 Å². The standard InChI is InChI=1S/C17H20N6O3S/c1-17(2,3)26-16(25)23(15-19-11(6-7-24)9-27-15)22-14-12-8-10(18)4-5-13(12)20-21-14/h4-5,7-9H,6,18H2,1-3H3,(H2,20,21,22). The van der Waals surface area contributed by atoms with E-state index in [0.29, 0.717) is 27.7 Å². The van der Waals surface area contributed by atoms with Crippen LogP contribution in [0.1, 0.15) is 26.5 Å². The SMILES string of the molecule is CC(C)(C)OC(=O)N(Nc1n[nH]c2ccc(N)cc12)c1nc(CC=O)cs1. The number of aromatic nitrogens is 3. The van der Waals surface area contributed by atoms with Gasteiger partial charge in [0.15, 0.2) is 5.82 Å². The van der Waals surface area contributed by atoms with E-state index in [9.17, 15) is 9.59 Å². The van der Waals surface area contributed by atoms with Gasteiger partial charge in [0.1, 0.15) is 11.9 Å². The number of hydrazine groups is 1. The lowest BCUT2D eigenvalue weighted by atomic mass is 10.2. The normalized spacial score (nSPS) is 11.4. The molecule has 10 heteroatoms. The van der Waals surface area contributed by atoms with Crippen molar-refractivity contribution in [1.82, 2.24) is 15.2 Å². The van der Waals surface area contributed by atoms with Crippen LogP contribution >= 0.6 is 11.3 Å². The Labute approximate surface area is 159 Å². The number of ether oxygens (including phenoxy) is 1. The van der Waals surface area contributed by atoms with Crippen LogP contribution in [0.5, 0.6) is 0 Å². The van der Waals surface area contributed by atoms with Gasteiger partial charge >= 0.3 is 6.09 Å². The molecule has 1 aromatic carbocycles. The van der Waals surface area contributed by atoms with Gasteiger partial charge in [-0.25, -0.2) is 9.78 Å². The average Bonchev–Trinajstić information content (AvgIpc) is 3.18. The second-order valence-electron chi connectivity index (χ2n) is 6.80. The molecule has 0 saturated heterocycles. The predicted octanol–water partition coefficient (Wildman–Crippen LogP) is 3.11. The van der Waals surface area contributed by atoms with Gasteiger partial charge in [-0.3, -0.25) is 10.5 Å². The molecule has 0 aliphatic carbocycles. The van der Waals surface area contributed by atoms with Gasteiger partial charge in [0.05, 0.1) is 11.2 Å². The molecule has 4 N–H and O–H groups in total. The minimum absolute atomic E-state index is 0.167. The van der Waals surface area contributed by atoms with Crippen molar-refractivity contribution in [2.75, 3.05) is 16.2 Å². The molecule has 0 unspecified atom stereocenters. The van der Waals surface area contributed by atoms with Crippen LogP contribution in [-0.4, -0.2) is 33.2 Å². The lowest BCUT2D eigenvalue weighted by Crippen LogP contribution is -2.40. The summed E-state index contributed by atoms with van der Waals surface area (Å²) >= 11 is 1.21. The van der Waals surface area contributed by atoms with Crippen LogP contribution in [-0.2, 0) is 16.0 Å². The van der Waals surface area contributed by atoms with Gasteiger partial charge in [-0.15, -0.1) is 11.3 Å². The van der Waals surface area contributed by atoms with Crippen LogP contribution in [0.25, 0.3) is 10.9 Å². The minimum Gasteiger partial charge on any atom is -0.442 e. The molecule has 2 heterocycles. The number of anilines is 3. The summed E-state index contributed by atoms with van der Waals surface area (Å²) in [7, 11) is 0. The van der Waals surface area contributed by atoms with E-state index in [1.165, 1.54) is 16.3 Å². The molecule has 0 spiro atoms. The highest BCUT2D eigenvalue weighted by atomic mass is 32.1. The number of hydrogen-bond donors (Lipinski definition) is 3. The maximum absolute atomic E-state index is 12.7. The molecule has 0 fully saturated rings. The first-order valence-corrected chi connectivity index (χ1v) is 9.06. The topological polar surface area (TPSA) is 126 Å². The number of H-pyrrole nitrogens is 1. The van der Waals surface area contributed by atoms with Crippen molar-refractivity contribution in [2.24, 2.45) is 0 Å². The third-order valence-corrected chi connectivity index (χ3v) is 4.28. The summed E-state index contributed by atoms with van der Waals surface area (Å²) in [4.78, 5) is 27.8. The second-order valence-corrected chi connectivity index (χ2v) is 7.63. The highest BCUT2D eigenvalue weighted by Crippen LogP contribution is 2.27. The fourth-order valence-electron chi connectivity index (χ4n) is 2.28. The van der Waals surface area contributed by atoms with Crippen molar-refractivity contribution in [3.8, 4) is 0 Å². The number of carbonyl (C=O) groups is 2. The van der Waals surface area contributed by atoms with Crippen LogP contribution < -0.4 is 16.2 Å². The van der Waals surface area contributed by atoms with E-state index in [-0.39, 0.29) is 6.42 Å². The number of nitrogen functional groups attached to an aromatic ring is 1. The number of nitrogens with zero attached hydrogens (tertiary/aromatic N) is 3. The summed E-state index contributed by atoms with van der Waals surface area (Å²) in [6.07, 6.45) is 0.281. The lowest BCUT2D eigenvalue weighted by Gasteiger charge is -2.25. The molecule has 0 bridgehead atoms. The van der Waals surface area contributed by atoms with Crippen molar-refractivity contribution in [3.05, 3.63) is 29.3 Å². The molecular formula is C17H20N6O3S. The van der Waals surface area contributed by atoms with E-state index in [1.807, 2.05) is 0 Å². The summed E-state index contributed by atoms with van der Waals surface area (Å²) < 4.78 is 5.47. The number of aromatic amines is 1. The number of hydrogen-bond acceptors (Lipinski definition) is 8. The van der Waals surface area contributed by atoms with Crippen molar-refractivity contribution in [1.29, 1.82) is 0 Å². The number of aldehydes is 1. The molecule has 0 atom stereocenters. The average molecular weight is 388 g/mol. The number of fused-ring (bicyclic) bond motifs is 1. The molecule has 0 saturated carbocycles. The first-order valence-electron chi connectivity index (χ1n) is 8.18. The molecular weight excluding hydrogens is 368 g/mol. The largest absolute Gasteiger partial charge is 0.442 e. The molecule has 27 heavy (non-hydrogen) atoms. The minimum atomic E-state index is -0.696. The summed E-state index contributed by atoms with van der Waals surface area (Å²) in [5.74, 6) is 0.398. The van der Waals surface area contributed by atoms with E-state index in [1.54, 1.807) is 44.4 Å². The molecule has 0 aliphatic heterocycles. The molecule has 3 rings (SSSR count). The summed E-state index contributed by atoms with van der Waals surface area (Å²) in [5, 5.41) is 11.0. The molecule has 0 radical (unpaired) electrons. The van der Waals surface area contributed by atoms with E-state index in [0.717, 1.165) is 11.8 Å². The quantitative estimate of drug-likeness (QED) is 0.348. The Hall–Kier alpha value is -3.14. The first-order chi connectivity index (χ1) is 12.8. The van der Waals surface area contributed by atoms with Gasteiger partial charge < -0.3 is 15.3 Å². The molecule has 142 valence electrons. The van der Waals surface area contributed by atoms with Crippen LogP contribution in [0.15, 0.2) is 23.6 Å². The molecule has 9 nitrogen and oxygen atoms in total. The highest BCUT2D eigenvalue weighted by molar-refractivity contribution is 7.14. The van der Waals surface area contributed by atoms with E-state index < -0.39 is 11.7 Å². The van der Waals surface area contributed by atoms with E-state index in [2.05, 4.69) is 20.6 Å². The van der Waals surface area contributed by atoms with Crippen molar-refractivity contribution >= 4 is 51.3 Å². The Balaban J connectivity index is 1.96. The van der Waals surface area contributed by atoms with Crippen molar-refractivity contribution in [2.45, 2.75) is 32.8 Å². The number of amides is 1. The number of thiazole rings is 1. The highest BCUT2D eigenvalue weighted by Gasteiger charge is 2.27. The number of nitrogens with two attached hydrogens (primary N) is 1. The zero-order valence-corrected chi connectivity index (χ0v) is 16.0. The van der Waals surface area contributed by atoms with Crippen LogP contribution in [0.4, 0.5) is 21.4 Å². The zero-order valence-electron chi connectivity index (χ0n) is 15.1. The lowest BCUT2D eigenvalue weighted by molar-refractivity contribution is -0.107. The smallest absolute Gasteiger partial charge is 0.436 e. The van der Waals surface area contributed by atoms with Crippen LogP contribution in [0, 0.1) is 0 Å². The third kappa shape index (κ3) is 4.34. The fraction of sp³-hybridized carbons (Fsp3) is 0.294. The number of nitrogens with one attached hydrogen (secondary N) is 2. The molecule has 2 aromatic heterocycles. The van der Waals surface area contributed by atoms with Crippen molar-refractivity contribution < 1.29 is 14.3 Å². The van der Waals surface area contributed by atoms with Gasteiger partial charge in [-0.05, 0) is 39.0 Å². The maximum Gasteiger partial charge on any atom is 0.436 e. The maximum atomic E-state index is 12.7. The Morgan fingerprint density at radius 2 is 2.22 bits per heavy atom. The molecule has 0 aliphatic rings. The van der Waals surface area contributed by atoms with Gasteiger partial charge in [0, 0.05) is 22.9 Å². The van der Waals surface area contributed by atoms with Crippen LogP contribution in [0.3, 0.4) is 0 Å². The number of benzene rings is 1. The summed E-state index contributed by atoms with van der Waals surface area (Å²) in [6, 6.07) is 5.29. The van der Waals surface area contributed by atoms with Crippen LogP contribution in [0.2, 0.25) is 0 Å². The monoisotopic (exact) mass is 388 g/mol. The van der Waals surface area contributed by atoms with E-state index in [4.69, 9.17) is 10.5 Å². The number of rotatable bonds is 5. The van der Waals surface area contributed by atoms with Gasteiger partial charge in [0.2, 0.25) is 5.13 Å². The first kappa shape index (κ1) is 18.6. The fourth-order valence-corrected chi connectivity index (χ4v) is 3.07. The Morgan fingerprint density at radius 3 is 2.93 bits per heavy atom.